The predicted octanol–water partition coefficient (Wildman–Crippen LogP) is 2.33. The summed E-state index contributed by atoms with van der Waals surface area (Å²) in [5, 5.41) is 2.66. The average Bonchev–Trinajstić information content (AvgIpc) is 2.48. The summed E-state index contributed by atoms with van der Waals surface area (Å²) in [6.45, 7) is 6.97. The van der Waals surface area contributed by atoms with Crippen LogP contribution in [0.1, 0.15) is 40.0 Å². The maximum absolute atomic E-state index is 14.5. The third-order valence-electron chi connectivity index (χ3n) is 4.55. The van der Waals surface area contributed by atoms with Gasteiger partial charge in [0.25, 0.3) is 0 Å². The molecule has 1 atom stereocenters. The van der Waals surface area contributed by atoms with Gasteiger partial charge in [-0.25, -0.2) is 9.18 Å². The number of allylic oxidation sites excluding steroid dienone is 3. The minimum Gasteiger partial charge on any atom is -0.444 e. The Balaban J connectivity index is 2.07. The van der Waals surface area contributed by atoms with Gasteiger partial charge in [-0.3, -0.25) is 5.32 Å². The summed E-state index contributed by atoms with van der Waals surface area (Å²) in [7, 11) is 4.15. The van der Waals surface area contributed by atoms with Crippen molar-refractivity contribution < 1.29 is 13.9 Å². The lowest BCUT2D eigenvalue weighted by Gasteiger charge is -2.39. The number of carbonyl (C=O) groups excluding carboxylic acids is 1. The summed E-state index contributed by atoms with van der Waals surface area (Å²) < 4.78 is 19.8. The van der Waals surface area contributed by atoms with Gasteiger partial charge in [0.05, 0.1) is 11.4 Å². The number of nitrogens with zero attached hydrogens (tertiary/aromatic N) is 2. The molecule has 1 unspecified atom stereocenters. The summed E-state index contributed by atoms with van der Waals surface area (Å²) in [6, 6.07) is 0.526. The molecule has 25 heavy (non-hydrogen) atoms. The first kappa shape index (κ1) is 19.6. The number of hydrogen-bond acceptors (Lipinski definition) is 5. The molecule has 1 heterocycles. The lowest BCUT2D eigenvalue weighted by Crippen LogP contribution is -2.44. The molecule has 3 N–H and O–H groups in total. The molecule has 1 saturated heterocycles. The first-order valence-corrected chi connectivity index (χ1v) is 8.82. The van der Waals surface area contributed by atoms with Crippen LogP contribution < -0.4 is 11.1 Å². The maximum atomic E-state index is 14.5. The minimum absolute atomic E-state index is 0.0879. The molecule has 0 spiro atoms. The lowest BCUT2D eigenvalue weighted by atomic mass is 9.98. The molecule has 0 radical (unpaired) electrons. The van der Waals surface area contributed by atoms with Crippen LogP contribution in [0.25, 0.3) is 0 Å². The highest BCUT2D eigenvalue weighted by molar-refractivity contribution is 5.71. The Labute approximate surface area is 149 Å². The van der Waals surface area contributed by atoms with Gasteiger partial charge < -0.3 is 20.3 Å². The van der Waals surface area contributed by atoms with Crippen molar-refractivity contribution in [2.45, 2.75) is 57.8 Å². The van der Waals surface area contributed by atoms with E-state index in [0.717, 1.165) is 25.9 Å². The number of rotatable bonds is 3. The molecular formula is C18H31FN4O2. The number of likely N-dealkylation sites (tertiary alicyclic amines) is 1. The molecule has 1 fully saturated rings. The molecule has 0 bridgehead atoms. The zero-order valence-electron chi connectivity index (χ0n) is 15.9. The fraction of sp³-hybridized carbons (Fsp3) is 0.722. The van der Waals surface area contributed by atoms with Crippen molar-refractivity contribution in [3.8, 4) is 0 Å². The average molecular weight is 354 g/mol. The molecular weight excluding hydrogens is 323 g/mol. The van der Waals surface area contributed by atoms with Crippen LogP contribution in [0.5, 0.6) is 0 Å². The normalized spacial score (nSPS) is 22.9. The quantitative estimate of drug-likeness (QED) is 0.814. The van der Waals surface area contributed by atoms with Crippen molar-refractivity contribution in [3.63, 3.8) is 0 Å². The van der Waals surface area contributed by atoms with Gasteiger partial charge in [-0.05, 0) is 53.8 Å². The number of alkyl carbamates (subject to hydrolysis) is 1. The van der Waals surface area contributed by atoms with Crippen molar-refractivity contribution in [2.24, 2.45) is 5.73 Å². The van der Waals surface area contributed by atoms with Gasteiger partial charge >= 0.3 is 6.09 Å². The van der Waals surface area contributed by atoms with E-state index < -0.39 is 17.9 Å². The molecule has 1 aliphatic carbocycles. The van der Waals surface area contributed by atoms with E-state index in [4.69, 9.17) is 10.5 Å². The summed E-state index contributed by atoms with van der Waals surface area (Å²) in [6.07, 6.45) is 2.01. The lowest BCUT2D eigenvalue weighted by molar-refractivity contribution is 0.0546. The zero-order valence-corrected chi connectivity index (χ0v) is 15.9. The molecule has 0 aromatic carbocycles. The molecule has 1 amide bonds. The molecule has 7 heteroatoms. The third-order valence-corrected chi connectivity index (χ3v) is 4.55. The number of piperidine rings is 1. The summed E-state index contributed by atoms with van der Waals surface area (Å²) in [5.41, 5.74) is 6.71. The van der Waals surface area contributed by atoms with Crippen LogP contribution in [0.4, 0.5) is 9.18 Å². The van der Waals surface area contributed by atoms with E-state index in [1.54, 1.807) is 26.8 Å². The van der Waals surface area contributed by atoms with Crippen LogP contribution >= 0.6 is 0 Å². The SMILES string of the molecule is CN(C)C1CCN(C2=CC(NC(=O)OC(C)(C)C)=C(N)CC2F)CC1. The van der Waals surface area contributed by atoms with Crippen molar-refractivity contribution in [3.05, 3.63) is 23.2 Å². The highest BCUT2D eigenvalue weighted by Crippen LogP contribution is 2.29. The largest absolute Gasteiger partial charge is 0.444 e. The molecule has 142 valence electrons. The van der Waals surface area contributed by atoms with Crippen molar-refractivity contribution >= 4 is 6.09 Å². The van der Waals surface area contributed by atoms with Gasteiger partial charge in [0.15, 0.2) is 0 Å². The maximum Gasteiger partial charge on any atom is 0.412 e. The molecule has 0 aromatic heterocycles. The Morgan fingerprint density at radius 3 is 2.48 bits per heavy atom. The Bertz CT molecular complexity index is 558. The van der Waals surface area contributed by atoms with E-state index in [-0.39, 0.29) is 6.42 Å². The fourth-order valence-corrected chi connectivity index (χ4v) is 3.20. The number of halogens is 1. The Hall–Kier alpha value is -1.76. The molecule has 1 aliphatic heterocycles. The van der Waals surface area contributed by atoms with Gasteiger partial charge in [-0.1, -0.05) is 0 Å². The number of amides is 1. The Morgan fingerprint density at radius 2 is 1.96 bits per heavy atom. The first-order chi connectivity index (χ1) is 11.6. The van der Waals surface area contributed by atoms with Gasteiger partial charge in [0.1, 0.15) is 11.8 Å². The third kappa shape index (κ3) is 5.36. The van der Waals surface area contributed by atoms with Crippen molar-refractivity contribution in [1.29, 1.82) is 0 Å². The molecule has 2 aliphatic rings. The van der Waals surface area contributed by atoms with E-state index in [2.05, 4.69) is 29.2 Å². The fourth-order valence-electron chi connectivity index (χ4n) is 3.20. The number of carbonyl (C=O) groups is 1. The molecule has 6 nitrogen and oxygen atoms in total. The summed E-state index contributed by atoms with van der Waals surface area (Å²) in [4.78, 5) is 16.3. The van der Waals surface area contributed by atoms with Crippen LogP contribution in [0.3, 0.4) is 0 Å². The highest BCUT2D eigenvalue weighted by Gasteiger charge is 2.30. The molecule has 0 aromatic rings. The van der Waals surface area contributed by atoms with Crippen LogP contribution in [-0.4, -0.2) is 60.9 Å². The number of alkyl halides is 1. The second-order valence-corrected chi connectivity index (χ2v) is 7.99. The highest BCUT2D eigenvalue weighted by atomic mass is 19.1. The van der Waals surface area contributed by atoms with E-state index >= 15 is 0 Å². The second kappa shape index (κ2) is 7.64. The summed E-state index contributed by atoms with van der Waals surface area (Å²) in [5.74, 6) is 0. The van der Waals surface area contributed by atoms with E-state index in [1.165, 1.54) is 0 Å². The van der Waals surface area contributed by atoms with Crippen molar-refractivity contribution in [1.82, 2.24) is 15.1 Å². The van der Waals surface area contributed by atoms with Gasteiger partial charge in [-0.15, -0.1) is 0 Å². The monoisotopic (exact) mass is 354 g/mol. The van der Waals surface area contributed by atoms with Gasteiger partial charge in [0.2, 0.25) is 0 Å². The van der Waals surface area contributed by atoms with E-state index in [0.29, 0.717) is 23.1 Å². The van der Waals surface area contributed by atoms with E-state index in [9.17, 15) is 9.18 Å². The van der Waals surface area contributed by atoms with Crippen LogP contribution in [-0.2, 0) is 4.74 Å². The number of ether oxygens (including phenoxy) is 1. The minimum atomic E-state index is -1.14. The topological polar surface area (TPSA) is 70.8 Å². The number of hydrogen-bond donors (Lipinski definition) is 2. The van der Waals surface area contributed by atoms with E-state index in [1.807, 2.05) is 0 Å². The van der Waals surface area contributed by atoms with Crippen LogP contribution in [0.15, 0.2) is 23.2 Å². The smallest absolute Gasteiger partial charge is 0.412 e. The van der Waals surface area contributed by atoms with Crippen LogP contribution in [0.2, 0.25) is 0 Å². The van der Waals surface area contributed by atoms with Gasteiger partial charge in [-0.2, -0.15) is 0 Å². The Kier molecular flexibility index (Phi) is 5.98. The summed E-state index contributed by atoms with van der Waals surface area (Å²) >= 11 is 0. The number of nitrogens with one attached hydrogen (secondary N) is 1. The molecule has 0 saturated carbocycles. The first-order valence-electron chi connectivity index (χ1n) is 8.82. The second-order valence-electron chi connectivity index (χ2n) is 7.99. The van der Waals surface area contributed by atoms with Crippen molar-refractivity contribution in [2.75, 3.05) is 27.2 Å². The van der Waals surface area contributed by atoms with Crippen LogP contribution in [0, 0.1) is 0 Å². The Morgan fingerprint density at radius 1 is 1.36 bits per heavy atom. The standard InChI is InChI=1S/C18H31FN4O2/c1-18(2,3)25-17(24)21-15-11-16(13(19)10-14(15)20)23-8-6-12(7-9-23)22(4)5/h11-13H,6-10,20H2,1-5H3,(H,21,24). The van der Waals surface area contributed by atoms with Gasteiger partial charge in [0, 0.05) is 31.2 Å². The number of nitrogens with two attached hydrogens (primary N) is 1. The predicted molar refractivity (Wildman–Crippen MR) is 96.5 cm³/mol. The zero-order chi connectivity index (χ0) is 18.8. The molecule has 2 rings (SSSR count).